The number of halogens is 2. The maximum Gasteiger partial charge on any atom is 0.407 e. The van der Waals surface area contributed by atoms with Crippen molar-refractivity contribution in [2.45, 2.75) is 26.4 Å². The molecular weight excluding hydrogens is 345 g/mol. The second kappa shape index (κ2) is 8.21. The zero-order valence-corrected chi connectivity index (χ0v) is 15.1. The molecule has 9 heteroatoms. The van der Waals surface area contributed by atoms with Gasteiger partial charge in [0.2, 0.25) is 0 Å². The molecule has 0 saturated heterocycles. The van der Waals surface area contributed by atoms with Gasteiger partial charge in [-0.15, -0.1) is 0 Å². The highest BCUT2D eigenvalue weighted by atomic mass is 35.5. The van der Waals surface area contributed by atoms with Gasteiger partial charge in [0.25, 0.3) is 0 Å². The van der Waals surface area contributed by atoms with Crippen molar-refractivity contribution in [3.63, 3.8) is 0 Å². The van der Waals surface area contributed by atoms with Gasteiger partial charge < -0.3 is 19.6 Å². The molecule has 0 fully saturated rings. The average Bonchev–Trinajstić information content (AvgIpc) is 2.43. The topological polar surface area (TPSA) is 82.0 Å². The van der Waals surface area contributed by atoms with Crippen LogP contribution in [0.2, 0.25) is 10.0 Å². The van der Waals surface area contributed by atoms with Crippen LogP contribution in [0.1, 0.15) is 26.5 Å². The van der Waals surface area contributed by atoms with Crippen molar-refractivity contribution >= 4 is 35.0 Å². The maximum atomic E-state index is 11.7. The van der Waals surface area contributed by atoms with Crippen LogP contribution in [0.4, 0.5) is 4.79 Å². The normalized spacial score (nSPS) is 11.9. The largest absolute Gasteiger partial charge is 0.493 e. The van der Waals surface area contributed by atoms with E-state index < -0.39 is 11.7 Å². The molecule has 1 aromatic rings. The number of rotatable bonds is 5. The molecule has 1 N–H and O–H groups in total. The number of nitrogens with zero attached hydrogens (tertiary/aromatic N) is 2. The third-order valence-corrected chi connectivity index (χ3v) is 3.03. The predicted octanol–water partition coefficient (Wildman–Crippen LogP) is 3.27. The van der Waals surface area contributed by atoms with Crippen molar-refractivity contribution in [1.82, 2.24) is 10.3 Å². The van der Waals surface area contributed by atoms with Crippen LogP contribution in [-0.4, -0.2) is 43.2 Å². The minimum absolute atomic E-state index is 0.000258. The monoisotopic (exact) mass is 363 g/mol. The number of alkyl carbamates (subject to hydrolysis) is 1. The second-order valence-electron chi connectivity index (χ2n) is 5.38. The second-order valence-corrected chi connectivity index (χ2v) is 6.16. The van der Waals surface area contributed by atoms with Crippen LogP contribution in [0.25, 0.3) is 0 Å². The molecule has 0 radical (unpaired) electrons. The lowest BCUT2D eigenvalue weighted by Gasteiger charge is -2.20. The summed E-state index contributed by atoms with van der Waals surface area (Å²) in [6, 6.07) is 0. The number of hydrogen-bond donors (Lipinski definition) is 1. The van der Waals surface area contributed by atoms with Crippen LogP contribution < -0.4 is 10.1 Å². The first-order valence-electron chi connectivity index (χ1n) is 6.64. The summed E-state index contributed by atoms with van der Waals surface area (Å²) in [6.45, 7) is 5.29. The number of aromatic nitrogens is 1. The van der Waals surface area contributed by atoms with Crippen LogP contribution in [0.3, 0.4) is 0 Å². The lowest BCUT2D eigenvalue weighted by molar-refractivity contribution is 0.0535. The smallest absolute Gasteiger partial charge is 0.407 e. The number of ether oxygens (including phenoxy) is 2. The summed E-state index contributed by atoms with van der Waals surface area (Å²) in [7, 11) is 2.80. The van der Waals surface area contributed by atoms with E-state index in [0.29, 0.717) is 5.71 Å². The number of carbonyl (C=O) groups excluding carboxylic acids is 1. The molecule has 1 amide bonds. The third-order valence-electron chi connectivity index (χ3n) is 2.41. The molecule has 1 heterocycles. The quantitative estimate of drug-likeness (QED) is 0.641. The number of oxime groups is 1. The highest BCUT2D eigenvalue weighted by Gasteiger charge is 2.20. The van der Waals surface area contributed by atoms with E-state index in [1.54, 1.807) is 20.8 Å². The number of carbonyl (C=O) groups is 1. The Balaban J connectivity index is 2.97. The van der Waals surface area contributed by atoms with Gasteiger partial charge in [-0.2, -0.15) is 0 Å². The van der Waals surface area contributed by atoms with E-state index in [-0.39, 0.29) is 28.0 Å². The van der Waals surface area contributed by atoms with E-state index in [9.17, 15) is 4.79 Å². The minimum atomic E-state index is -0.609. The molecule has 1 rings (SSSR count). The van der Waals surface area contributed by atoms with E-state index in [1.165, 1.54) is 20.4 Å². The van der Waals surface area contributed by atoms with Gasteiger partial charge in [0.05, 0.1) is 19.9 Å². The Morgan fingerprint density at radius 2 is 2.00 bits per heavy atom. The number of pyridine rings is 1. The Bertz CT molecular complexity index is 600. The molecule has 0 saturated carbocycles. The summed E-state index contributed by atoms with van der Waals surface area (Å²) >= 11 is 12.2. The first-order valence-corrected chi connectivity index (χ1v) is 7.40. The SMILES string of the molecule is CO/N=C(\CNC(=O)OC(C)(C)C)c1ncc(Cl)c(OC)c1Cl. The lowest BCUT2D eigenvalue weighted by Crippen LogP contribution is -2.36. The molecule has 0 unspecified atom stereocenters. The van der Waals surface area contributed by atoms with Crippen LogP contribution in [-0.2, 0) is 9.57 Å². The van der Waals surface area contributed by atoms with Crippen molar-refractivity contribution in [3.05, 3.63) is 21.9 Å². The fraction of sp³-hybridized carbons (Fsp3) is 0.500. The standard InChI is InChI=1S/C14H19Cl2N3O4/c1-14(2,3)23-13(20)18-7-9(19-22-5)11-10(16)12(21-4)8(15)6-17-11/h6H,7H2,1-5H3,(H,18,20)/b19-9+. The summed E-state index contributed by atoms with van der Waals surface area (Å²) < 4.78 is 10.3. The molecule has 23 heavy (non-hydrogen) atoms. The number of methoxy groups -OCH3 is 1. The third kappa shape index (κ3) is 5.76. The van der Waals surface area contributed by atoms with Gasteiger partial charge in [-0.05, 0) is 20.8 Å². The fourth-order valence-electron chi connectivity index (χ4n) is 1.58. The minimum Gasteiger partial charge on any atom is -0.493 e. The molecule has 0 atom stereocenters. The van der Waals surface area contributed by atoms with Crippen molar-refractivity contribution in [2.24, 2.45) is 5.16 Å². The summed E-state index contributed by atoms with van der Waals surface area (Å²) in [4.78, 5) is 20.6. The van der Waals surface area contributed by atoms with Crippen molar-refractivity contribution < 1.29 is 19.1 Å². The van der Waals surface area contributed by atoms with Crippen molar-refractivity contribution in [3.8, 4) is 5.75 Å². The Labute approximate surface area is 144 Å². The summed E-state index contributed by atoms with van der Waals surface area (Å²) in [5.74, 6) is 0.263. The van der Waals surface area contributed by atoms with Gasteiger partial charge in [0.15, 0.2) is 5.75 Å². The first kappa shape index (κ1) is 19.3. The van der Waals surface area contributed by atoms with Crippen LogP contribution in [0.5, 0.6) is 5.75 Å². The van der Waals surface area contributed by atoms with Gasteiger partial charge in [0.1, 0.15) is 34.2 Å². The lowest BCUT2D eigenvalue weighted by atomic mass is 10.2. The first-order chi connectivity index (χ1) is 10.7. The summed E-state index contributed by atoms with van der Waals surface area (Å²) in [5, 5.41) is 6.82. The Kier molecular flexibility index (Phi) is 6.90. The predicted molar refractivity (Wildman–Crippen MR) is 88.6 cm³/mol. The fourth-order valence-corrected chi connectivity index (χ4v) is 2.18. The van der Waals surface area contributed by atoms with Crippen molar-refractivity contribution in [2.75, 3.05) is 20.8 Å². The average molecular weight is 364 g/mol. The summed E-state index contributed by atoms with van der Waals surface area (Å²) in [6.07, 6.45) is 0.777. The van der Waals surface area contributed by atoms with Gasteiger partial charge >= 0.3 is 6.09 Å². The Morgan fingerprint density at radius 1 is 1.35 bits per heavy atom. The van der Waals surface area contributed by atoms with Crippen LogP contribution >= 0.6 is 23.2 Å². The molecule has 1 aromatic heterocycles. The van der Waals surface area contributed by atoms with Gasteiger partial charge in [-0.25, -0.2) is 4.79 Å². The van der Waals surface area contributed by atoms with E-state index in [0.717, 1.165) is 0 Å². The van der Waals surface area contributed by atoms with Gasteiger partial charge in [-0.1, -0.05) is 28.4 Å². The molecule has 0 aliphatic rings. The van der Waals surface area contributed by atoms with Crippen LogP contribution in [0, 0.1) is 0 Å². The molecule has 0 aliphatic heterocycles. The van der Waals surface area contributed by atoms with Crippen LogP contribution in [0.15, 0.2) is 11.4 Å². The molecule has 0 bridgehead atoms. The highest BCUT2D eigenvalue weighted by molar-refractivity contribution is 6.39. The number of nitrogens with one attached hydrogen (secondary N) is 1. The Morgan fingerprint density at radius 3 is 2.52 bits per heavy atom. The Hall–Kier alpha value is -1.73. The van der Waals surface area contributed by atoms with Crippen molar-refractivity contribution in [1.29, 1.82) is 0 Å². The van der Waals surface area contributed by atoms with Gasteiger partial charge in [-0.3, -0.25) is 4.98 Å². The molecule has 0 aromatic carbocycles. The number of hydrogen-bond acceptors (Lipinski definition) is 6. The zero-order chi connectivity index (χ0) is 17.6. The van der Waals surface area contributed by atoms with E-state index in [4.69, 9.17) is 37.5 Å². The summed E-state index contributed by atoms with van der Waals surface area (Å²) in [5.41, 5.74) is -0.0358. The molecule has 0 aliphatic carbocycles. The molecular formula is C14H19Cl2N3O4. The molecule has 0 spiro atoms. The number of amides is 1. The van der Waals surface area contributed by atoms with E-state index in [2.05, 4.69) is 15.5 Å². The highest BCUT2D eigenvalue weighted by Crippen LogP contribution is 2.34. The zero-order valence-electron chi connectivity index (χ0n) is 13.6. The van der Waals surface area contributed by atoms with E-state index >= 15 is 0 Å². The molecule has 7 nitrogen and oxygen atoms in total. The molecule has 128 valence electrons. The maximum absolute atomic E-state index is 11.7. The van der Waals surface area contributed by atoms with Gasteiger partial charge in [0, 0.05) is 0 Å². The van der Waals surface area contributed by atoms with E-state index in [1.807, 2.05) is 0 Å².